The van der Waals surface area contributed by atoms with Crippen LogP contribution in [-0.4, -0.2) is 31.1 Å². The smallest absolute Gasteiger partial charge is 0.251 e. The minimum absolute atomic E-state index is 0.116. The fraction of sp³-hybridized carbons (Fsp3) is 0.300. The second-order valence-corrected chi connectivity index (χ2v) is 6.71. The van der Waals surface area contributed by atoms with Crippen molar-refractivity contribution in [2.45, 2.75) is 25.4 Å². The van der Waals surface area contributed by atoms with Crippen LogP contribution in [0.4, 0.5) is 5.69 Å². The number of benzene rings is 2. The van der Waals surface area contributed by atoms with E-state index >= 15 is 0 Å². The highest BCUT2D eigenvalue weighted by atomic mass is 35.5. The van der Waals surface area contributed by atoms with Crippen molar-refractivity contribution in [1.29, 1.82) is 0 Å². The Morgan fingerprint density at radius 1 is 1.08 bits per heavy atom. The van der Waals surface area contributed by atoms with Crippen LogP contribution in [-0.2, 0) is 16.0 Å². The minimum Gasteiger partial charge on any atom is -0.376 e. The summed E-state index contributed by atoms with van der Waals surface area (Å²) in [6, 6.07) is 14.0. The van der Waals surface area contributed by atoms with Crippen LogP contribution in [0.2, 0.25) is 5.02 Å². The molecule has 1 aliphatic heterocycles. The molecule has 0 bridgehead atoms. The number of amides is 2. The number of rotatable bonds is 6. The van der Waals surface area contributed by atoms with Crippen molar-refractivity contribution in [3.63, 3.8) is 0 Å². The summed E-state index contributed by atoms with van der Waals surface area (Å²) in [5.74, 6) is -0.262. The van der Waals surface area contributed by atoms with Gasteiger partial charge in [0.25, 0.3) is 5.91 Å². The molecule has 0 unspecified atom stereocenters. The lowest BCUT2D eigenvalue weighted by atomic mass is 10.1. The molecule has 1 atom stereocenters. The van der Waals surface area contributed by atoms with Gasteiger partial charge in [0.05, 0.1) is 12.5 Å². The van der Waals surface area contributed by atoms with Crippen LogP contribution in [0.25, 0.3) is 0 Å². The Morgan fingerprint density at radius 3 is 2.46 bits per heavy atom. The molecule has 3 rings (SSSR count). The average molecular weight is 373 g/mol. The average Bonchev–Trinajstić information content (AvgIpc) is 3.16. The van der Waals surface area contributed by atoms with Gasteiger partial charge in [-0.15, -0.1) is 0 Å². The number of halogens is 1. The number of anilines is 1. The van der Waals surface area contributed by atoms with E-state index in [0.717, 1.165) is 25.0 Å². The molecular formula is C20H21ClN2O3. The Bertz CT molecular complexity index is 754. The second-order valence-electron chi connectivity index (χ2n) is 6.27. The first-order chi connectivity index (χ1) is 12.6. The monoisotopic (exact) mass is 372 g/mol. The lowest BCUT2D eigenvalue weighted by Crippen LogP contribution is -2.31. The van der Waals surface area contributed by atoms with Gasteiger partial charge in [-0.05, 0) is 54.8 Å². The molecule has 2 N–H and O–H groups in total. The molecule has 1 heterocycles. The Morgan fingerprint density at radius 2 is 1.81 bits per heavy atom. The van der Waals surface area contributed by atoms with Crippen LogP contribution < -0.4 is 10.6 Å². The number of hydrogen-bond donors (Lipinski definition) is 2. The van der Waals surface area contributed by atoms with E-state index in [1.54, 1.807) is 36.4 Å². The maximum atomic E-state index is 12.1. The Balaban J connectivity index is 1.49. The van der Waals surface area contributed by atoms with Crippen LogP contribution in [0.5, 0.6) is 0 Å². The summed E-state index contributed by atoms with van der Waals surface area (Å²) in [5, 5.41) is 6.34. The first kappa shape index (κ1) is 18.4. The van der Waals surface area contributed by atoms with E-state index in [1.807, 2.05) is 12.1 Å². The molecule has 2 aromatic rings. The lowest BCUT2D eigenvalue weighted by Gasteiger charge is -2.11. The Labute approximate surface area is 157 Å². The molecule has 2 aromatic carbocycles. The molecule has 0 aromatic heterocycles. The fourth-order valence-corrected chi connectivity index (χ4v) is 2.94. The van der Waals surface area contributed by atoms with Gasteiger partial charge >= 0.3 is 0 Å². The van der Waals surface area contributed by atoms with Gasteiger partial charge in [0.15, 0.2) is 0 Å². The van der Waals surface area contributed by atoms with Crippen molar-refractivity contribution in [1.82, 2.24) is 5.32 Å². The second kappa shape index (κ2) is 8.83. The molecule has 0 saturated carbocycles. The number of carbonyl (C=O) groups is 2. The van der Waals surface area contributed by atoms with Crippen LogP contribution in [0.3, 0.4) is 0 Å². The van der Waals surface area contributed by atoms with E-state index in [-0.39, 0.29) is 24.3 Å². The summed E-state index contributed by atoms with van der Waals surface area (Å²) in [7, 11) is 0. The highest BCUT2D eigenvalue weighted by molar-refractivity contribution is 6.30. The first-order valence-electron chi connectivity index (χ1n) is 8.64. The molecule has 1 aliphatic rings. The van der Waals surface area contributed by atoms with Gasteiger partial charge in [-0.3, -0.25) is 9.59 Å². The van der Waals surface area contributed by atoms with Gasteiger partial charge in [-0.1, -0.05) is 23.7 Å². The number of ether oxygens (including phenoxy) is 1. The van der Waals surface area contributed by atoms with Gasteiger partial charge < -0.3 is 15.4 Å². The van der Waals surface area contributed by atoms with E-state index < -0.39 is 0 Å². The normalized spacial score (nSPS) is 16.3. The quantitative estimate of drug-likeness (QED) is 0.816. The molecule has 5 nitrogen and oxygen atoms in total. The largest absolute Gasteiger partial charge is 0.376 e. The van der Waals surface area contributed by atoms with Crippen molar-refractivity contribution in [3.8, 4) is 0 Å². The summed E-state index contributed by atoms with van der Waals surface area (Å²) < 4.78 is 5.49. The molecule has 0 spiro atoms. The highest BCUT2D eigenvalue weighted by Gasteiger charge is 2.16. The molecule has 1 saturated heterocycles. The maximum Gasteiger partial charge on any atom is 0.251 e. The van der Waals surface area contributed by atoms with Crippen LogP contribution in [0.1, 0.15) is 28.8 Å². The van der Waals surface area contributed by atoms with E-state index in [1.165, 1.54) is 0 Å². The van der Waals surface area contributed by atoms with Crippen molar-refractivity contribution >= 4 is 29.1 Å². The zero-order valence-corrected chi connectivity index (χ0v) is 15.1. The van der Waals surface area contributed by atoms with E-state index in [2.05, 4.69) is 10.6 Å². The van der Waals surface area contributed by atoms with Crippen LogP contribution in [0, 0.1) is 0 Å². The maximum absolute atomic E-state index is 12.1. The number of carbonyl (C=O) groups excluding carboxylic acids is 2. The molecule has 6 heteroatoms. The van der Waals surface area contributed by atoms with Gasteiger partial charge in [-0.2, -0.15) is 0 Å². The first-order valence-corrected chi connectivity index (χ1v) is 9.02. The summed E-state index contributed by atoms with van der Waals surface area (Å²) in [5.41, 5.74) is 2.09. The van der Waals surface area contributed by atoms with E-state index in [9.17, 15) is 9.59 Å². The zero-order chi connectivity index (χ0) is 18.4. The number of nitrogens with one attached hydrogen (secondary N) is 2. The third kappa shape index (κ3) is 5.31. The standard InChI is InChI=1S/C20H21ClN2O3/c21-16-7-3-14(4-8-16)12-19(24)23-17-9-5-15(6-10-17)20(25)22-13-18-2-1-11-26-18/h3-10,18H,1-2,11-13H2,(H,22,25)(H,23,24)/t18-/m1/s1. The van der Waals surface area contributed by atoms with Crippen molar-refractivity contribution in [2.75, 3.05) is 18.5 Å². The van der Waals surface area contributed by atoms with Crippen molar-refractivity contribution in [2.24, 2.45) is 0 Å². The Hall–Kier alpha value is -2.37. The topological polar surface area (TPSA) is 67.4 Å². The predicted molar refractivity (Wildman–Crippen MR) is 102 cm³/mol. The van der Waals surface area contributed by atoms with Crippen LogP contribution >= 0.6 is 11.6 Å². The SMILES string of the molecule is O=C(Cc1ccc(Cl)cc1)Nc1ccc(C(=O)NC[C@H]2CCCO2)cc1. The highest BCUT2D eigenvalue weighted by Crippen LogP contribution is 2.14. The van der Waals surface area contributed by atoms with Crippen LogP contribution in [0.15, 0.2) is 48.5 Å². The molecule has 0 aliphatic carbocycles. The molecule has 1 fully saturated rings. The third-order valence-electron chi connectivity index (χ3n) is 4.22. The van der Waals surface area contributed by atoms with E-state index in [0.29, 0.717) is 22.8 Å². The van der Waals surface area contributed by atoms with Gasteiger partial charge in [0, 0.05) is 29.4 Å². The molecule has 2 amide bonds. The summed E-state index contributed by atoms with van der Waals surface area (Å²) in [6.45, 7) is 1.30. The van der Waals surface area contributed by atoms with Crippen molar-refractivity contribution < 1.29 is 14.3 Å². The van der Waals surface area contributed by atoms with Gasteiger partial charge in [0.1, 0.15) is 0 Å². The van der Waals surface area contributed by atoms with Crippen molar-refractivity contribution in [3.05, 3.63) is 64.7 Å². The molecule has 26 heavy (non-hydrogen) atoms. The summed E-state index contributed by atoms with van der Waals surface area (Å²) in [6.07, 6.45) is 2.41. The number of hydrogen-bond acceptors (Lipinski definition) is 3. The third-order valence-corrected chi connectivity index (χ3v) is 4.48. The summed E-state index contributed by atoms with van der Waals surface area (Å²) >= 11 is 5.84. The summed E-state index contributed by atoms with van der Waals surface area (Å²) in [4.78, 5) is 24.2. The van der Waals surface area contributed by atoms with Gasteiger partial charge in [0.2, 0.25) is 5.91 Å². The minimum atomic E-state index is -0.139. The van der Waals surface area contributed by atoms with Gasteiger partial charge in [-0.25, -0.2) is 0 Å². The predicted octanol–water partition coefficient (Wildman–Crippen LogP) is 3.43. The zero-order valence-electron chi connectivity index (χ0n) is 14.3. The molecular weight excluding hydrogens is 352 g/mol. The molecule has 0 radical (unpaired) electrons. The lowest BCUT2D eigenvalue weighted by molar-refractivity contribution is -0.115. The molecule has 136 valence electrons. The van der Waals surface area contributed by atoms with E-state index in [4.69, 9.17) is 16.3 Å². The Kier molecular flexibility index (Phi) is 6.26. The fourth-order valence-electron chi connectivity index (χ4n) is 2.81.